The minimum absolute atomic E-state index is 0.00654. The SMILES string of the molecule is COC(=O)C(c1ccccc1Cl)N1CCN(C(=O)C2CCN(C(=O)N(C)C)CC2)CC1. The third-order valence-electron chi connectivity index (χ3n) is 6.11. The Kier molecular flexibility index (Phi) is 7.78. The quantitative estimate of drug-likeness (QED) is 0.657. The van der Waals surface area contributed by atoms with Gasteiger partial charge in [0.05, 0.1) is 7.11 Å². The molecule has 2 aliphatic rings. The molecule has 3 rings (SSSR count). The lowest BCUT2D eigenvalue weighted by atomic mass is 9.95. The van der Waals surface area contributed by atoms with Crippen molar-refractivity contribution in [1.82, 2.24) is 19.6 Å². The van der Waals surface area contributed by atoms with Crippen molar-refractivity contribution in [2.75, 3.05) is 60.5 Å². The maximum absolute atomic E-state index is 13.0. The second-order valence-corrected chi connectivity index (χ2v) is 8.65. The lowest BCUT2D eigenvalue weighted by molar-refractivity contribution is -0.149. The number of benzene rings is 1. The van der Waals surface area contributed by atoms with Crippen LogP contribution in [0.15, 0.2) is 24.3 Å². The first-order chi connectivity index (χ1) is 14.8. The van der Waals surface area contributed by atoms with Crippen molar-refractivity contribution < 1.29 is 19.1 Å². The third-order valence-corrected chi connectivity index (χ3v) is 6.46. The molecule has 0 spiro atoms. The Morgan fingerprint density at radius 3 is 2.16 bits per heavy atom. The first kappa shape index (κ1) is 23.3. The highest BCUT2D eigenvalue weighted by atomic mass is 35.5. The Morgan fingerprint density at radius 2 is 1.61 bits per heavy atom. The number of urea groups is 1. The number of likely N-dealkylation sites (tertiary alicyclic amines) is 1. The van der Waals surface area contributed by atoms with E-state index in [0.29, 0.717) is 62.7 Å². The van der Waals surface area contributed by atoms with E-state index in [4.69, 9.17) is 16.3 Å². The van der Waals surface area contributed by atoms with E-state index in [9.17, 15) is 14.4 Å². The van der Waals surface area contributed by atoms with E-state index in [1.807, 2.05) is 28.0 Å². The standard InChI is InChI=1S/C22H31ClN4O4/c1-24(2)22(30)27-10-8-16(9-11-27)20(28)26-14-12-25(13-15-26)19(21(29)31-3)17-6-4-5-7-18(17)23/h4-7,16,19H,8-15H2,1-3H3. The van der Waals surface area contributed by atoms with E-state index in [-0.39, 0.29) is 23.8 Å². The molecule has 8 nitrogen and oxygen atoms in total. The largest absolute Gasteiger partial charge is 0.468 e. The molecule has 0 bridgehead atoms. The molecule has 0 N–H and O–H groups in total. The number of nitrogens with zero attached hydrogens (tertiary/aromatic N) is 4. The molecular weight excluding hydrogens is 420 g/mol. The summed E-state index contributed by atoms with van der Waals surface area (Å²) in [7, 11) is 4.85. The van der Waals surface area contributed by atoms with Crippen molar-refractivity contribution in [3.05, 3.63) is 34.9 Å². The first-order valence-electron chi connectivity index (χ1n) is 10.6. The summed E-state index contributed by atoms with van der Waals surface area (Å²) >= 11 is 6.34. The number of carbonyl (C=O) groups excluding carboxylic acids is 3. The molecular formula is C22H31ClN4O4. The van der Waals surface area contributed by atoms with Crippen LogP contribution in [-0.2, 0) is 14.3 Å². The zero-order valence-corrected chi connectivity index (χ0v) is 19.2. The van der Waals surface area contributed by atoms with Crippen LogP contribution in [0, 0.1) is 5.92 Å². The van der Waals surface area contributed by atoms with Crippen molar-refractivity contribution in [3.8, 4) is 0 Å². The van der Waals surface area contributed by atoms with Gasteiger partial charge in [-0.25, -0.2) is 9.59 Å². The average molecular weight is 451 g/mol. The van der Waals surface area contributed by atoms with Gasteiger partial charge in [-0.3, -0.25) is 9.69 Å². The van der Waals surface area contributed by atoms with Gasteiger partial charge in [0, 0.05) is 64.3 Å². The molecule has 9 heteroatoms. The normalized spacial score (nSPS) is 19.1. The molecule has 31 heavy (non-hydrogen) atoms. The van der Waals surface area contributed by atoms with Gasteiger partial charge in [-0.1, -0.05) is 29.8 Å². The second kappa shape index (κ2) is 10.3. The van der Waals surface area contributed by atoms with Crippen LogP contribution in [0.1, 0.15) is 24.4 Å². The lowest BCUT2D eigenvalue weighted by Crippen LogP contribution is -2.53. The highest BCUT2D eigenvalue weighted by Crippen LogP contribution is 2.30. The Morgan fingerprint density at radius 1 is 1.00 bits per heavy atom. The molecule has 2 heterocycles. The lowest BCUT2D eigenvalue weighted by Gasteiger charge is -2.40. The van der Waals surface area contributed by atoms with Gasteiger partial charge in [-0.2, -0.15) is 0 Å². The summed E-state index contributed by atoms with van der Waals surface area (Å²) in [4.78, 5) is 44.9. The summed E-state index contributed by atoms with van der Waals surface area (Å²) in [6.07, 6.45) is 1.37. The van der Waals surface area contributed by atoms with Crippen LogP contribution in [0.3, 0.4) is 0 Å². The summed E-state index contributed by atoms with van der Waals surface area (Å²) < 4.78 is 5.04. The molecule has 170 valence electrons. The molecule has 2 aliphatic heterocycles. The smallest absolute Gasteiger partial charge is 0.327 e. The summed E-state index contributed by atoms with van der Waals surface area (Å²) in [5.41, 5.74) is 0.716. The van der Waals surface area contributed by atoms with E-state index < -0.39 is 6.04 Å². The minimum Gasteiger partial charge on any atom is -0.468 e. The maximum Gasteiger partial charge on any atom is 0.327 e. The van der Waals surface area contributed by atoms with Crippen molar-refractivity contribution in [3.63, 3.8) is 0 Å². The monoisotopic (exact) mass is 450 g/mol. The van der Waals surface area contributed by atoms with Gasteiger partial charge in [0.1, 0.15) is 6.04 Å². The number of ether oxygens (including phenoxy) is 1. The van der Waals surface area contributed by atoms with Gasteiger partial charge in [-0.15, -0.1) is 0 Å². The second-order valence-electron chi connectivity index (χ2n) is 8.25. The number of halogens is 1. The zero-order chi connectivity index (χ0) is 22.5. The van der Waals surface area contributed by atoms with Crippen LogP contribution in [0.25, 0.3) is 0 Å². The van der Waals surface area contributed by atoms with Crippen LogP contribution < -0.4 is 0 Å². The number of esters is 1. The summed E-state index contributed by atoms with van der Waals surface area (Å²) in [5.74, 6) is -0.271. The summed E-state index contributed by atoms with van der Waals surface area (Å²) in [6, 6.07) is 6.69. The third kappa shape index (κ3) is 5.30. The van der Waals surface area contributed by atoms with Crippen molar-refractivity contribution in [2.24, 2.45) is 5.92 Å². The van der Waals surface area contributed by atoms with Crippen LogP contribution in [0.4, 0.5) is 4.79 Å². The number of carbonyl (C=O) groups is 3. The van der Waals surface area contributed by atoms with E-state index in [1.165, 1.54) is 7.11 Å². The van der Waals surface area contributed by atoms with Gasteiger partial charge in [0.25, 0.3) is 0 Å². The van der Waals surface area contributed by atoms with Gasteiger partial charge in [0.2, 0.25) is 5.91 Å². The zero-order valence-electron chi connectivity index (χ0n) is 18.4. The number of hydrogen-bond donors (Lipinski definition) is 0. The highest BCUT2D eigenvalue weighted by Gasteiger charge is 2.36. The molecule has 0 radical (unpaired) electrons. The molecule has 1 atom stereocenters. The average Bonchev–Trinajstić information content (AvgIpc) is 2.80. The van der Waals surface area contributed by atoms with Crippen LogP contribution in [-0.4, -0.2) is 98.0 Å². The Hall–Kier alpha value is -2.32. The van der Waals surface area contributed by atoms with Crippen LogP contribution in [0.5, 0.6) is 0 Å². The van der Waals surface area contributed by atoms with Crippen LogP contribution in [0.2, 0.25) is 5.02 Å². The molecule has 1 unspecified atom stereocenters. The fourth-order valence-electron chi connectivity index (χ4n) is 4.34. The van der Waals surface area contributed by atoms with Gasteiger partial charge in [0.15, 0.2) is 0 Å². The number of rotatable bonds is 4. The Balaban J connectivity index is 1.58. The molecule has 0 aliphatic carbocycles. The van der Waals surface area contributed by atoms with Crippen molar-refractivity contribution in [2.45, 2.75) is 18.9 Å². The van der Waals surface area contributed by atoms with E-state index in [2.05, 4.69) is 0 Å². The maximum atomic E-state index is 13.0. The highest BCUT2D eigenvalue weighted by molar-refractivity contribution is 6.31. The number of amides is 3. The number of methoxy groups -OCH3 is 1. The number of hydrogen-bond acceptors (Lipinski definition) is 5. The molecule has 0 saturated carbocycles. The number of piperidine rings is 1. The first-order valence-corrected chi connectivity index (χ1v) is 11.0. The predicted molar refractivity (Wildman–Crippen MR) is 118 cm³/mol. The van der Waals surface area contributed by atoms with Gasteiger partial charge >= 0.3 is 12.0 Å². The minimum atomic E-state index is -0.587. The molecule has 2 saturated heterocycles. The van der Waals surface area contributed by atoms with Crippen molar-refractivity contribution >= 4 is 29.5 Å². The Labute approximate surface area is 188 Å². The summed E-state index contributed by atoms with van der Waals surface area (Å²) in [5, 5.41) is 0.524. The van der Waals surface area contributed by atoms with Crippen LogP contribution >= 0.6 is 11.6 Å². The summed E-state index contributed by atoms with van der Waals surface area (Å²) in [6.45, 7) is 3.43. The van der Waals surface area contributed by atoms with Gasteiger partial charge in [-0.05, 0) is 24.5 Å². The topological polar surface area (TPSA) is 73.4 Å². The van der Waals surface area contributed by atoms with Gasteiger partial charge < -0.3 is 19.4 Å². The predicted octanol–water partition coefficient (Wildman–Crippen LogP) is 2.09. The molecule has 0 aromatic heterocycles. The molecule has 2 fully saturated rings. The van der Waals surface area contributed by atoms with E-state index >= 15 is 0 Å². The van der Waals surface area contributed by atoms with Crippen molar-refractivity contribution in [1.29, 1.82) is 0 Å². The molecule has 1 aromatic rings. The Bertz CT molecular complexity index is 802. The fourth-order valence-corrected chi connectivity index (χ4v) is 4.58. The number of piperazine rings is 1. The molecule has 1 aromatic carbocycles. The molecule has 3 amide bonds. The van der Waals surface area contributed by atoms with E-state index in [1.54, 1.807) is 30.0 Å². The fraction of sp³-hybridized carbons (Fsp3) is 0.591. The van der Waals surface area contributed by atoms with E-state index in [0.717, 1.165) is 0 Å².